The van der Waals surface area contributed by atoms with Gasteiger partial charge in [0.05, 0.1) is 18.7 Å². The molecule has 1 saturated heterocycles. The molecule has 11 nitrogen and oxygen atoms in total. The Balaban J connectivity index is 1.30. The highest BCUT2D eigenvalue weighted by atomic mass is 19.1. The fourth-order valence-corrected chi connectivity index (χ4v) is 2.69. The molecule has 0 radical (unpaired) electrons. The van der Waals surface area contributed by atoms with Crippen LogP contribution < -0.4 is 20.5 Å². The van der Waals surface area contributed by atoms with Crippen LogP contribution in [0.2, 0.25) is 0 Å². The minimum absolute atomic E-state index is 0.0341. The van der Waals surface area contributed by atoms with E-state index in [1.165, 1.54) is 24.4 Å². The molecule has 2 aromatic heterocycles. The molecule has 0 atom stereocenters. The van der Waals surface area contributed by atoms with E-state index in [-0.39, 0.29) is 12.6 Å². The Morgan fingerprint density at radius 2 is 1.97 bits per heavy atom. The van der Waals surface area contributed by atoms with E-state index in [0.29, 0.717) is 48.9 Å². The van der Waals surface area contributed by atoms with Gasteiger partial charge in [-0.05, 0) is 24.3 Å². The Labute approximate surface area is 164 Å². The van der Waals surface area contributed by atoms with Crippen molar-refractivity contribution in [1.29, 1.82) is 0 Å². The SMILES string of the molecule is O=C(COc1ccnc2ccc(F)cc12)NNc1nnc(N2CCOCC2)nn1. The summed E-state index contributed by atoms with van der Waals surface area (Å²) < 4.78 is 24.2. The summed E-state index contributed by atoms with van der Waals surface area (Å²) in [7, 11) is 0. The number of carbonyl (C=O) groups excluding carboxylic acids is 1. The van der Waals surface area contributed by atoms with Gasteiger partial charge in [0.15, 0.2) is 6.61 Å². The Bertz CT molecular complexity index is 998. The summed E-state index contributed by atoms with van der Waals surface area (Å²) in [6.07, 6.45) is 1.52. The molecular weight excluding hydrogens is 383 g/mol. The first-order valence-electron chi connectivity index (χ1n) is 8.81. The van der Waals surface area contributed by atoms with Crippen LogP contribution in [0, 0.1) is 5.82 Å². The molecule has 4 rings (SSSR count). The van der Waals surface area contributed by atoms with E-state index in [9.17, 15) is 9.18 Å². The Kier molecular flexibility index (Phi) is 5.52. The molecule has 1 amide bonds. The first kappa shape index (κ1) is 18.7. The third-order valence-electron chi connectivity index (χ3n) is 4.10. The van der Waals surface area contributed by atoms with Crippen LogP contribution in [0.5, 0.6) is 5.75 Å². The van der Waals surface area contributed by atoms with Gasteiger partial charge in [-0.15, -0.1) is 20.4 Å². The molecule has 1 aliphatic heterocycles. The fraction of sp³-hybridized carbons (Fsp3) is 0.294. The molecule has 3 aromatic rings. The van der Waals surface area contributed by atoms with E-state index in [4.69, 9.17) is 9.47 Å². The second-order valence-electron chi connectivity index (χ2n) is 6.06. The number of fused-ring (bicyclic) bond motifs is 1. The minimum Gasteiger partial charge on any atom is -0.483 e. The van der Waals surface area contributed by atoms with Gasteiger partial charge < -0.3 is 14.4 Å². The molecule has 0 spiro atoms. The van der Waals surface area contributed by atoms with Crippen LogP contribution in [0.4, 0.5) is 16.3 Å². The molecular formula is C17H17FN8O3. The van der Waals surface area contributed by atoms with Gasteiger partial charge in [0.2, 0.25) is 0 Å². The Hall–Kier alpha value is -3.67. The van der Waals surface area contributed by atoms with Crippen molar-refractivity contribution in [2.24, 2.45) is 0 Å². The van der Waals surface area contributed by atoms with Crippen molar-refractivity contribution in [2.75, 3.05) is 43.2 Å². The number of rotatable bonds is 6. The van der Waals surface area contributed by atoms with Crippen LogP contribution in [-0.2, 0) is 9.53 Å². The number of aromatic nitrogens is 5. The highest BCUT2D eigenvalue weighted by molar-refractivity contribution is 5.85. The van der Waals surface area contributed by atoms with Crippen molar-refractivity contribution in [3.8, 4) is 5.75 Å². The van der Waals surface area contributed by atoms with Crippen LogP contribution in [0.3, 0.4) is 0 Å². The van der Waals surface area contributed by atoms with Gasteiger partial charge >= 0.3 is 0 Å². The molecule has 2 N–H and O–H groups in total. The van der Waals surface area contributed by atoms with Gasteiger partial charge in [-0.3, -0.25) is 20.6 Å². The number of anilines is 2. The van der Waals surface area contributed by atoms with Crippen molar-refractivity contribution in [3.05, 3.63) is 36.3 Å². The first-order valence-corrected chi connectivity index (χ1v) is 8.81. The summed E-state index contributed by atoms with van der Waals surface area (Å²) in [6.45, 7) is 2.21. The lowest BCUT2D eigenvalue weighted by Gasteiger charge is -2.25. The predicted molar refractivity (Wildman–Crippen MR) is 99.6 cm³/mol. The molecule has 0 bridgehead atoms. The Morgan fingerprint density at radius 1 is 1.17 bits per heavy atom. The maximum absolute atomic E-state index is 13.5. The number of hydrogen-bond acceptors (Lipinski definition) is 10. The average Bonchev–Trinajstić information content (AvgIpc) is 2.77. The number of carbonyl (C=O) groups is 1. The van der Waals surface area contributed by atoms with Crippen LogP contribution in [0.1, 0.15) is 0 Å². The number of morpholine rings is 1. The molecule has 1 aromatic carbocycles. The standard InChI is InChI=1S/C17H17FN8O3/c18-11-1-2-13-12(9-11)14(3-4-19-13)29-10-15(27)20-21-16-22-24-17(25-23-16)26-5-7-28-8-6-26/h1-4,9H,5-8,10H2,(H,20,27)(H,21,22,23). The van der Waals surface area contributed by atoms with E-state index in [1.54, 1.807) is 6.07 Å². The zero-order valence-corrected chi connectivity index (χ0v) is 15.2. The number of nitrogens with one attached hydrogen (secondary N) is 2. The number of halogens is 1. The molecule has 0 unspecified atom stereocenters. The summed E-state index contributed by atoms with van der Waals surface area (Å²) in [5.41, 5.74) is 5.46. The second kappa shape index (κ2) is 8.56. The second-order valence-corrected chi connectivity index (χ2v) is 6.06. The van der Waals surface area contributed by atoms with Crippen molar-refractivity contribution in [3.63, 3.8) is 0 Å². The summed E-state index contributed by atoms with van der Waals surface area (Å²) in [6, 6.07) is 5.71. The predicted octanol–water partition coefficient (Wildman–Crippen LogP) is 0.313. The first-order chi connectivity index (χ1) is 14.2. The average molecular weight is 400 g/mol. The lowest BCUT2D eigenvalue weighted by atomic mass is 10.2. The summed E-state index contributed by atoms with van der Waals surface area (Å²) in [5, 5.41) is 16.2. The van der Waals surface area contributed by atoms with Gasteiger partial charge in [-0.1, -0.05) is 0 Å². The lowest BCUT2D eigenvalue weighted by Crippen LogP contribution is -2.38. The maximum Gasteiger partial charge on any atom is 0.280 e. The summed E-state index contributed by atoms with van der Waals surface area (Å²) >= 11 is 0. The van der Waals surface area contributed by atoms with E-state index < -0.39 is 11.7 Å². The van der Waals surface area contributed by atoms with Gasteiger partial charge in [0.25, 0.3) is 17.8 Å². The number of pyridine rings is 1. The van der Waals surface area contributed by atoms with Gasteiger partial charge in [-0.2, -0.15) is 0 Å². The largest absolute Gasteiger partial charge is 0.483 e. The number of nitrogens with zero attached hydrogens (tertiary/aromatic N) is 6. The zero-order chi connectivity index (χ0) is 20.1. The molecule has 0 aliphatic carbocycles. The highest BCUT2D eigenvalue weighted by Crippen LogP contribution is 2.24. The summed E-state index contributed by atoms with van der Waals surface area (Å²) in [5.74, 6) is -0.137. The molecule has 12 heteroatoms. The fourth-order valence-electron chi connectivity index (χ4n) is 2.69. The molecule has 1 aliphatic rings. The zero-order valence-electron chi connectivity index (χ0n) is 15.2. The quantitative estimate of drug-likeness (QED) is 0.558. The Morgan fingerprint density at radius 3 is 2.76 bits per heavy atom. The van der Waals surface area contributed by atoms with E-state index in [1.807, 2.05) is 4.90 Å². The third-order valence-corrected chi connectivity index (χ3v) is 4.10. The topological polar surface area (TPSA) is 127 Å². The minimum atomic E-state index is -0.493. The highest BCUT2D eigenvalue weighted by Gasteiger charge is 2.15. The smallest absolute Gasteiger partial charge is 0.280 e. The van der Waals surface area contributed by atoms with Gasteiger partial charge in [-0.25, -0.2) is 4.39 Å². The summed E-state index contributed by atoms with van der Waals surface area (Å²) in [4.78, 5) is 18.0. The van der Waals surface area contributed by atoms with Gasteiger partial charge in [0.1, 0.15) is 11.6 Å². The molecule has 0 saturated carbocycles. The number of ether oxygens (including phenoxy) is 2. The van der Waals surface area contributed by atoms with Crippen molar-refractivity contribution < 1.29 is 18.7 Å². The molecule has 1 fully saturated rings. The van der Waals surface area contributed by atoms with Crippen molar-refractivity contribution >= 4 is 28.7 Å². The lowest BCUT2D eigenvalue weighted by molar-refractivity contribution is -0.122. The van der Waals surface area contributed by atoms with E-state index >= 15 is 0 Å². The van der Waals surface area contributed by atoms with E-state index in [2.05, 4.69) is 36.2 Å². The number of benzene rings is 1. The van der Waals surface area contributed by atoms with Crippen LogP contribution in [0.15, 0.2) is 30.5 Å². The van der Waals surface area contributed by atoms with E-state index in [0.717, 1.165) is 0 Å². The molecule has 3 heterocycles. The monoisotopic (exact) mass is 400 g/mol. The molecule has 29 heavy (non-hydrogen) atoms. The van der Waals surface area contributed by atoms with Crippen LogP contribution >= 0.6 is 0 Å². The third kappa shape index (κ3) is 4.60. The number of hydrogen-bond donors (Lipinski definition) is 2. The van der Waals surface area contributed by atoms with Crippen LogP contribution in [0.25, 0.3) is 10.9 Å². The normalized spacial score (nSPS) is 13.9. The number of hydrazine groups is 1. The maximum atomic E-state index is 13.5. The molecule has 150 valence electrons. The van der Waals surface area contributed by atoms with Crippen molar-refractivity contribution in [1.82, 2.24) is 30.8 Å². The van der Waals surface area contributed by atoms with Gasteiger partial charge in [0, 0.05) is 24.7 Å². The van der Waals surface area contributed by atoms with Crippen LogP contribution in [-0.4, -0.2) is 64.2 Å². The number of amides is 1. The van der Waals surface area contributed by atoms with Crippen molar-refractivity contribution in [2.45, 2.75) is 0 Å².